The second kappa shape index (κ2) is 4.45. The molecular formula is C16H22. The molecule has 16 heavy (non-hydrogen) atoms. The molecule has 0 aliphatic heterocycles. The fourth-order valence-electron chi connectivity index (χ4n) is 3.28. The average Bonchev–Trinajstić information content (AvgIpc) is 2.54. The van der Waals surface area contributed by atoms with Gasteiger partial charge in [-0.05, 0) is 30.9 Å². The summed E-state index contributed by atoms with van der Waals surface area (Å²) in [4.78, 5) is 0. The van der Waals surface area contributed by atoms with E-state index in [1.54, 1.807) is 11.1 Å². The first-order valence-electron chi connectivity index (χ1n) is 6.53. The molecule has 0 fully saturated rings. The smallest absolute Gasteiger partial charge is 0.0168 e. The molecule has 0 radical (unpaired) electrons. The highest BCUT2D eigenvalue weighted by molar-refractivity contribution is 5.68. The first kappa shape index (κ1) is 11.4. The molecule has 0 unspecified atom stereocenters. The molecule has 0 atom stereocenters. The van der Waals surface area contributed by atoms with Gasteiger partial charge in [-0.25, -0.2) is 0 Å². The van der Waals surface area contributed by atoms with Crippen molar-refractivity contribution >= 4 is 6.08 Å². The molecule has 86 valence electrons. The molecule has 0 saturated heterocycles. The standard InChI is InChI=1S/C16H22/c1-4-10-16(11-5-2)13(3)12-14-8-6-7-9-15(14)16/h6-9,12H,4-5,10-11H2,1-3H3. The van der Waals surface area contributed by atoms with Crippen LogP contribution in [0.2, 0.25) is 0 Å². The number of hydrogen-bond donors (Lipinski definition) is 0. The van der Waals surface area contributed by atoms with Gasteiger partial charge >= 0.3 is 0 Å². The second-order valence-corrected chi connectivity index (χ2v) is 5.00. The van der Waals surface area contributed by atoms with Crippen LogP contribution in [-0.2, 0) is 5.41 Å². The summed E-state index contributed by atoms with van der Waals surface area (Å²) in [5.74, 6) is 0. The van der Waals surface area contributed by atoms with Gasteiger partial charge in [0, 0.05) is 5.41 Å². The Morgan fingerprint density at radius 3 is 2.25 bits per heavy atom. The van der Waals surface area contributed by atoms with Gasteiger partial charge in [-0.2, -0.15) is 0 Å². The molecule has 0 heteroatoms. The highest BCUT2D eigenvalue weighted by Gasteiger charge is 2.37. The molecule has 2 rings (SSSR count). The van der Waals surface area contributed by atoms with Crippen LogP contribution in [0.25, 0.3) is 6.08 Å². The molecule has 0 spiro atoms. The molecule has 0 N–H and O–H groups in total. The Hall–Kier alpha value is -1.04. The number of rotatable bonds is 4. The summed E-state index contributed by atoms with van der Waals surface area (Å²) in [5, 5.41) is 0. The van der Waals surface area contributed by atoms with Crippen molar-refractivity contribution in [3.8, 4) is 0 Å². The largest absolute Gasteiger partial charge is 0.0653 e. The Kier molecular flexibility index (Phi) is 3.18. The molecule has 0 aromatic heterocycles. The van der Waals surface area contributed by atoms with Crippen LogP contribution < -0.4 is 0 Å². The molecule has 0 amide bonds. The molecule has 0 saturated carbocycles. The van der Waals surface area contributed by atoms with Crippen molar-refractivity contribution in [2.75, 3.05) is 0 Å². The lowest BCUT2D eigenvalue weighted by atomic mass is 9.71. The van der Waals surface area contributed by atoms with Crippen molar-refractivity contribution in [2.24, 2.45) is 0 Å². The number of benzene rings is 1. The van der Waals surface area contributed by atoms with Gasteiger partial charge < -0.3 is 0 Å². The summed E-state index contributed by atoms with van der Waals surface area (Å²) in [6.07, 6.45) is 7.50. The van der Waals surface area contributed by atoms with E-state index in [0.29, 0.717) is 5.41 Å². The molecule has 1 aromatic rings. The molecule has 0 nitrogen and oxygen atoms in total. The third-order valence-corrected chi connectivity index (χ3v) is 3.96. The minimum absolute atomic E-state index is 0.347. The van der Waals surface area contributed by atoms with E-state index in [1.165, 1.54) is 31.2 Å². The van der Waals surface area contributed by atoms with Crippen LogP contribution in [-0.4, -0.2) is 0 Å². The molecule has 1 aliphatic rings. The van der Waals surface area contributed by atoms with Crippen LogP contribution in [0.5, 0.6) is 0 Å². The lowest BCUT2D eigenvalue weighted by Gasteiger charge is -2.32. The van der Waals surface area contributed by atoms with Gasteiger partial charge in [0.05, 0.1) is 0 Å². The molecule has 1 aliphatic carbocycles. The van der Waals surface area contributed by atoms with E-state index in [-0.39, 0.29) is 0 Å². The molecule has 0 heterocycles. The summed E-state index contributed by atoms with van der Waals surface area (Å²) in [7, 11) is 0. The predicted octanol–water partition coefficient (Wildman–Crippen LogP) is 4.94. The van der Waals surface area contributed by atoms with E-state index < -0.39 is 0 Å². The summed E-state index contributed by atoms with van der Waals surface area (Å²) >= 11 is 0. The van der Waals surface area contributed by atoms with E-state index >= 15 is 0 Å². The van der Waals surface area contributed by atoms with Crippen molar-refractivity contribution in [3.05, 3.63) is 41.0 Å². The van der Waals surface area contributed by atoms with Gasteiger partial charge in [0.15, 0.2) is 0 Å². The molecular weight excluding hydrogens is 192 g/mol. The highest BCUT2D eigenvalue weighted by Crippen LogP contribution is 2.47. The first-order chi connectivity index (χ1) is 7.74. The second-order valence-electron chi connectivity index (χ2n) is 5.00. The average molecular weight is 214 g/mol. The Morgan fingerprint density at radius 1 is 1.00 bits per heavy atom. The summed E-state index contributed by atoms with van der Waals surface area (Å²) in [6, 6.07) is 8.92. The van der Waals surface area contributed by atoms with Crippen molar-refractivity contribution in [2.45, 2.75) is 51.9 Å². The fraction of sp³-hybridized carbons (Fsp3) is 0.500. The maximum Gasteiger partial charge on any atom is 0.0168 e. The summed E-state index contributed by atoms with van der Waals surface area (Å²) in [5.41, 5.74) is 4.93. The number of allylic oxidation sites excluding steroid dienone is 1. The van der Waals surface area contributed by atoms with Crippen LogP contribution in [0.4, 0.5) is 0 Å². The zero-order valence-electron chi connectivity index (χ0n) is 10.7. The maximum absolute atomic E-state index is 2.39. The Balaban J connectivity index is 2.49. The maximum atomic E-state index is 2.39. The topological polar surface area (TPSA) is 0 Å². The van der Waals surface area contributed by atoms with E-state index in [1.807, 2.05) is 0 Å². The predicted molar refractivity (Wildman–Crippen MR) is 71.6 cm³/mol. The SMILES string of the molecule is CCCC1(CCC)C(C)=Cc2ccccc21. The van der Waals surface area contributed by atoms with E-state index in [4.69, 9.17) is 0 Å². The van der Waals surface area contributed by atoms with E-state index in [0.717, 1.165) is 0 Å². The summed E-state index contributed by atoms with van der Waals surface area (Å²) in [6.45, 7) is 6.91. The van der Waals surface area contributed by atoms with Gasteiger partial charge in [-0.3, -0.25) is 0 Å². The molecule has 1 aromatic carbocycles. The Bertz CT molecular complexity index is 392. The van der Waals surface area contributed by atoms with Gasteiger partial charge in [0.1, 0.15) is 0 Å². The van der Waals surface area contributed by atoms with E-state index in [2.05, 4.69) is 51.1 Å². The third kappa shape index (κ3) is 1.61. The number of fused-ring (bicyclic) bond motifs is 1. The highest BCUT2D eigenvalue weighted by atomic mass is 14.4. The van der Waals surface area contributed by atoms with Crippen LogP contribution in [0.1, 0.15) is 57.6 Å². The van der Waals surface area contributed by atoms with E-state index in [9.17, 15) is 0 Å². The third-order valence-electron chi connectivity index (χ3n) is 3.96. The lowest BCUT2D eigenvalue weighted by Crippen LogP contribution is -2.25. The monoisotopic (exact) mass is 214 g/mol. The first-order valence-corrected chi connectivity index (χ1v) is 6.53. The Labute approximate surface area is 99.4 Å². The van der Waals surface area contributed by atoms with Crippen molar-refractivity contribution in [1.29, 1.82) is 0 Å². The Morgan fingerprint density at radius 2 is 1.62 bits per heavy atom. The van der Waals surface area contributed by atoms with Crippen molar-refractivity contribution in [1.82, 2.24) is 0 Å². The van der Waals surface area contributed by atoms with Crippen molar-refractivity contribution < 1.29 is 0 Å². The lowest BCUT2D eigenvalue weighted by molar-refractivity contribution is 0.425. The zero-order chi connectivity index (χ0) is 11.6. The van der Waals surface area contributed by atoms with Crippen LogP contribution in [0, 0.1) is 0 Å². The minimum atomic E-state index is 0.347. The number of hydrogen-bond acceptors (Lipinski definition) is 0. The summed E-state index contributed by atoms with van der Waals surface area (Å²) < 4.78 is 0. The van der Waals surface area contributed by atoms with Gasteiger partial charge in [0.2, 0.25) is 0 Å². The van der Waals surface area contributed by atoms with Crippen LogP contribution >= 0.6 is 0 Å². The van der Waals surface area contributed by atoms with Gasteiger partial charge in [-0.15, -0.1) is 0 Å². The quantitative estimate of drug-likeness (QED) is 0.666. The fourth-order valence-corrected chi connectivity index (χ4v) is 3.28. The van der Waals surface area contributed by atoms with Crippen LogP contribution in [0.15, 0.2) is 29.8 Å². The zero-order valence-corrected chi connectivity index (χ0v) is 10.7. The van der Waals surface area contributed by atoms with Gasteiger partial charge in [-0.1, -0.05) is 62.6 Å². The normalized spacial score (nSPS) is 17.1. The van der Waals surface area contributed by atoms with Gasteiger partial charge in [0.25, 0.3) is 0 Å². The van der Waals surface area contributed by atoms with Crippen molar-refractivity contribution in [3.63, 3.8) is 0 Å². The van der Waals surface area contributed by atoms with Crippen LogP contribution in [0.3, 0.4) is 0 Å². The molecule has 0 bridgehead atoms. The minimum Gasteiger partial charge on any atom is -0.0653 e.